The molecular weight excluding hydrogens is 222 g/mol. The number of hydrogen-bond acceptors (Lipinski definition) is 2. The highest BCUT2D eigenvalue weighted by molar-refractivity contribution is 4.81. The van der Waals surface area contributed by atoms with Crippen molar-refractivity contribution in [3.63, 3.8) is 0 Å². The molecule has 108 valence electrons. The van der Waals surface area contributed by atoms with E-state index >= 15 is 0 Å². The third-order valence-corrected chi connectivity index (χ3v) is 4.29. The molecule has 2 unspecified atom stereocenters. The van der Waals surface area contributed by atoms with Gasteiger partial charge in [-0.25, -0.2) is 0 Å². The van der Waals surface area contributed by atoms with Gasteiger partial charge in [0.1, 0.15) is 0 Å². The van der Waals surface area contributed by atoms with Gasteiger partial charge in [-0.05, 0) is 31.7 Å². The SMILES string of the molecule is CCCNC(CC1CCCCC1)C(CCC)OC. The van der Waals surface area contributed by atoms with E-state index in [9.17, 15) is 0 Å². The minimum Gasteiger partial charge on any atom is -0.380 e. The number of ether oxygens (including phenoxy) is 1. The van der Waals surface area contributed by atoms with Gasteiger partial charge in [-0.3, -0.25) is 0 Å². The highest BCUT2D eigenvalue weighted by Gasteiger charge is 2.24. The normalized spacial score (nSPS) is 20.8. The Morgan fingerprint density at radius 1 is 1.11 bits per heavy atom. The van der Waals surface area contributed by atoms with Gasteiger partial charge in [0.05, 0.1) is 6.10 Å². The molecule has 2 heteroatoms. The molecule has 0 aromatic heterocycles. The highest BCUT2D eigenvalue weighted by Crippen LogP contribution is 2.28. The van der Waals surface area contributed by atoms with Crippen molar-refractivity contribution in [3.05, 3.63) is 0 Å². The quantitative estimate of drug-likeness (QED) is 0.668. The van der Waals surface area contributed by atoms with Crippen molar-refractivity contribution in [2.45, 2.75) is 83.8 Å². The minimum atomic E-state index is 0.406. The van der Waals surface area contributed by atoms with E-state index in [-0.39, 0.29) is 0 Å². The molecule has 0 aromatic rings. The van der Waals surface area contributed by atoms with Gasteiger partial charge in [-0.2, -0.15) is 0 Å². The second-order valence-corrected chi connectivity index (χ2v) is 5.86. The summed E-state index contributed by atoms with van der Waals surface area (Å²) in [5.41, 5.74) is 0. The summed E-state index contributed by atoms with van der Waals surface area (Å²) >= 11 is 0. The van der Waals surface area contributed by atoms with E-state index in [2.05, 4.69) is 19.2 Å². The van der Waals surface area contributed by atoms with Crippen LogP contribution in [-0.4, -0.2) is 25.8 Å². The lowest BCUT2D eigenvalue weighted by Gasteiger charge is -2.32. The lowest BCUT2D eigenvalue weighted by atomic mass is 9.83. The Morgan fingerprint density at radius 3 is 2.39 bits per heavy atom. The molecule has 1 rings (SSSR count). The predicted molar refractivity (Wildman–Crippen MR) is 79.0 cm³/mol. The number of hydrogen-bond donors (Lipinski definition) is 1. The fourth-order valence-corrected chi connectivity index (χ4v) is 3.25. The standard InChI is InChI=1S/C16H33NO/c1-4-9-16(18-3)15(17-12-5-2)13-14-10-7-6-8-11-14/h14-17H,4-13H2,1-3H3. The first-order chi connectivity index (χ1) is 8.81. The van der Waals surface area contributed by atoms with Gasteiger partial charge in [-0.15, -0.1) is 0 Å². The molecule has 1 saturated carbocycles. The van der Waals surface area contributed by atoms with Crippen LogP contribution in [0, 0.1) is 5.92 Å². The van der Waals surface area contributed by atoms with Crippen molar-refractivity contribution in [2.75, 3.05) is 13.7 Å². The molecule has 1 fully saturated rings. The van der Waals surface area contributed by atoms with E-state index in [1.165, 1.54) is 57.8 Å². The van der Waals surface area contributed by atoms with E-state index in [4.69, 9.17) is 4.74 Å². The molecule has 1 N–H and O–H groups in total. The highest BCUT2D eigenvalue weighted by atomic mass is 16.5. The maximum Gasteiger partial charge on any atom is 0.0724 e. The number of nitrogens with one attached hydrogen (secondary N) is 1. The second-order valence-electron chi connectivity index (χ2n) is 5.86. The van der Waals surface area contributed by atoms with E-state index in [0.29, 0.717) is 12.1 Å². The van der Waals surface area contributed by atoms with Crippen LogP contribution in [0.2, 0.25) is 0 Å². The van der Waals surface area contributed by atoms with Crippen molar-refractivity contribution in [2.24, 2.45) is 5.92 Å². The summed E-state index contributed by atoms with van der Waals surface area (Å²) in [6, 6.07) is 0.568. The first kappa shape index (κ1) is 16.0. The minimum absolute atomic E-state index is 0.406. The van der Waals surface area contributed by atoms with Gasteiger partial charge in [0.15, 0.2) is 0 Å². The Balaban J connectivity index is 2.46. The zero-order valence-electron chi connectivity index (χ0n) is 12.7. The lowest BCUT2D eigenvalue weighted by molar-refractivity contribution is 0.0501. The first-order valence-corrected chi connectivity index (χ1v) is 8.07. The molecule has 0 radical (unpaired) electrons. The Hall–Kier alpha value is -0.0800. The lowest BCUT2D eigenvalue weighted by Crippen LogP contribution is -2.43. The van der Waals surface area contributed by atoms with Crippen LogP contribution in [-0.2, 0) is 4.74 Å². The van der Waals surface area contributed by atoms with E-state index in [1.54, 1.807) is 0 Å². The first-order valence-electron chi connectivity index (χ1n) is 8.07. The van der Waals surface area contributed by atoms with Gasteiger partial charge in [-0.1, -0.05) is 52.4 Å². The zero-order valence-corrected chi connectivity index (χ0v) is 12.7. The van der Waals surface area contributed by atoms with Crippen LogP contribution in [0.15, 0.2) is 0 Å². The Kier molecular flexibility index (Phi) is 8.70. The van der Waals surface area contributed by atoms with Gasteiger partial charge in [0.25, 0.3) is 0 Å². The molecular formula is C16H33NO. The van der Waals surface area contributed by atoms with Crippen molar-refractivity contribution in [1.29, 1.82) is 0 Å². The summed E-state index contributed by atoms with van der Waals surface area (Å²) < 4.78 is 5.73. The molecule has 2 atom stereocenters. The average molecular weight is 255 g/mol. The molecule has 0 bridgehead atoms. The van der Waals surface area contributed by atoms with Crippen LogP contribution in [0.4, 0.5) is 0 Å². The van der Waals surface area contributed by atoms with Crippen molar-refractivity contribution in [3.8, 4) is 0 Å². The third kappa shape index (κ3) is 5.71. The van der Waals surface area contributed by atoms with Crippen molar-refractivity contribution in [1.82, 2.24) is 5.32 Å². The molecule has 0 aromatic carbocycles. The van der Waals surface area contributed by atoms with Crippen LogP contribution in [0.1, 0.15) is 71.6 Å². The van der Waals surface area contributed by atoms with Gasteiger partial charge >= 0.3 is 0 Å². The molecule has 1 aliphatic carbocycles. The van der Waals surface area contributed by atoms with Gasteiger partial charge < -0.3 is 10.1 Å². The third-order valence-electron chi connectivity index (χ3n) is 4.29. The second kappa shape index (κ2) is 9.80. The number of methoxy groups -OCH3 is 1. The van der Waals surface area contributed by atoms with E-state index in [1.807, 2.05) is 7.11 Å². The fraction of sp³-hybridized carbons (Fsp3) is 1.00. The summed E-state index contributed by atoms with van der Waals surface area (Å²) in [7, 11) is 1.88. The average Bonchev–Trinajstić information content (AvgIpc) is 2.42. The smallest absolute Gasteiger partial charge is 0.0724 e. The molecule has 1 aliphatic rings. The molecule has 0 spiro atoms. The van der Waals surface area contributed by atoms with Crippen molar-refractivity contribution >= 4 is 0 Å². The molecule has 0 saturated heterocycles. The largest absolute Gasteiger partial charge is 0.380 e. The van der Waals surface area contributed by atoms with Crippen molar-refractivity contribution < 1.29 is 4.74 Å². The summed E-state index contributed by atoms with van der Waals surface area (Å²) in [5.74, 6) is 0.933. The van der Waals surface area contributed by atoms with E-state index in [0.717, 1.165) is 12.5 Å². The van der Waals surface area contributed by atoms with Crippen LogP contribution in [0.25, 0.3) is 0 Å². The molecule has 18 heavy (non-hydrogen) atoms. The summed E-state index contributed by atoms with van der Waals surface area (Å²) in [4.78, 5) is 0. The van der Waals surface area contributed by atoms with Crippen LogP contribution in [0.5, 0.6) is 0 Å². The van der Waals surface area contributed by atoms with Gasteiger partial charge in [0, 0.05) is 13.2 Å². The van der Waals surface area contributed by atoms with E-state index < -0.39 is 0 Å². The molecule has 2 nitrogen and oxygen atoms in total. The molecule has 0 amide bonds. The molecule has 0 heterocycles. The summed E-state index contributed by atoms with van der Waals surface area (Å²) in [5, 5.41) is 3.73. The number of rotatable bonds is 9. The Labute approximate surface area is 114 Å². The topological polar surface area (TPSA) is 21.3 Å². The van der Waals surface area contributed by atoms with Crippen LogP contribution < -0.4 is 5.32 Å². The zero-order chi connectivity index (χ0) is 13.2. The fourth-order valence-electron chi connectivity index (χ4n) is 3.25. The maximum absolute atomic E-state index is 5.73. The Morgan fingerprint density at radius 2 is 1.83 bits per heavy atom. The van der Waals surface area contributed by atoms with Gasteiger partial charge in [0.2, 0.25) is 0 Å². The predicted octanol–water partition coefficient (Wildman–Crippen LogP) is 4.14. The molecule has 0 aliphatic heterocycles. The summed E-state index contributed by atoms with van der Waals surface area (Å²) in [6.45, 7) is 5.62. The Bertz CT molecular complexity index is 190. The van der Waals surface area contributed by atoms with Crippen LogP contribution in [0.3, 0.4) is 0 Å². The maximum atomic E-state index is 5.73. The van der Waals surface area contributed by atoms with Crippen LogP contribution >= 0.6 is 0 Å². The summed E-state index contributed by atoms with van der Waals surface area (Å²) in [6.07, 6.45) is 12.5. The monoisotopic (exact) mass is 255 g/mol.